The summed E-state index contributed by atoms with van der Waals surface area (Å²) in [6.07, 6.45) is -0.324. The predicted octanol–water partition coefficient (Wildman–Crippen LogP) is 4.07. The van der Waals surface area contributed by atoms with Crippen molar-refractivity contribution in [2.24, 2.45) is 0 Å². The van der Waals surface area contributed by atoms with Crippen molar-refractivity contribution < 1.29 is 28.6 Å². The number of nitriles is 2. The van der Waals surface area contributed by atoms with Gasteiger partial charge in [0.15, 0.2) is 0 Å². The summed E-state index contributed by atoms with van der Waals surface area (Å²) in [5.74, 6) is -2.60. The van der Waals surface area contributed by atoms with Crippen LogP contribution < -0.4 is 0 Å². The van der Waals surface area contributed by atoms with Gasteiger partial charge in [-0.15, -0.1) is 0 Å². The van der Waals surface area contributed by atoms with E-state index in [1.165, 1.54) is 30.3 Å². The Balaban J connectivity index is 2.66. The van der Waals surface area contributed by atoms with Crippen LogP contribution >= 0.6 is 0 Å². The van der Waals surface area contributed by atoms with E-state index in [-0.39, 0.29) is 58.8 Å². The molecule has 8 nitrogen and oxygen atoms in total. The van der Waals surface area contributed by atoms with Gasteiger partial charge in [-0.3, -0.25) is 0 Å². The van der Waals surface area contributed by atoms with Crippen molar-refractivity contribution in [3.8, 4) is 12.1 Å². The molecule has 34 heavy (non-hydrogen) atoms. The van der Waals surface area contributed by atoms with E-state index in [0.717, 1.165) is 0 Å². The Morgan fingerprint density at radius 3 is 1.94 bits per heavy atom. The van der Waals surface area contributed by atoms with Gasteiger partial charge in [0.25, 0.3) is 0 Å². The molecule has 0 aliphatic heterocycles. The average Bonchev–Trinajstić information content (AvgIpc) is 2.86. The van der Waals surface area contributed by atoms with Crippen molar-refractivity contribution >= 4 is 23.7 Å². The molecule has 0 aliphatic carbocycles. The minimum Gasteiger partial charge on any atom is -0.463 e. The summed E-state index contributed by atoms with van der Waals surface area (Å²) in [4.78, 5) is 38.0. The molecule has 0 aliphatic rings. The smallest absolute Gasteiger partial charge is 0.343 e. The lowest BCUT2D eigenvalue weighted by molar-refractivity contribution is -0.139. The van der Waals surface area contributed by atoms with Gasteiger partial charge in [0.05, 0.1) is 47.6 Å². The van der Waals surface area contributed by atoms with Gasteiger partial charge in [-0.05, 0) is 44.2 Å². The Kier molecular flexibility index (Phi) is 9.31. The lowest BCUT2D eigenvalue weighted by Crippen LogP contribution is -2.17. The van der Waals surface area contributed by atoms with E-state index in [9.17, 15) is 19.6 Å². The van der Waals surface area contributed by atoms with Gasteiger partial charge in [0.1, 0.15) is 5.76 Å². The number of ether oxygens (including phenoxy) is 3. The van der Waals surface area contributed by atoms with Gasteiger partial charge < -0.3 is 14.2 Å². The monoisotopic (exact) mass is 458 g/mol. The topological polar surface area (TPSA) is 126 Å². The molecule has 0 unspecified atom stereocenters. The maximum Gasteiger partial charge on any atom is 0.343 e. The minimum absolute atomic E-state index is 0.0257. The molecule has 0 saturated carbocycles. The van der Waals surface area contributed by atoms with Crippen LogP contribution in [0, 0.1) is 22.7 Å². The SMILES string of the molecule is C=C(C/C(C(=O)OCC)=C(\OC(=O)c1cccc(C#N)c1)c1cccc(C#N)c1)C(=O)OCC. The fourth-order valence-electron chi connectivity index (χ4n) is 2.87. The third kappa shape index (κ3) is 6.65. The molecule has 2 rings (SSSR count). The summed E-state index contributed by atoms with van der Waals surface area (Å²) in [5, 5.41) is 18.4. The Labute approximate surface area is 197 Å². The van der Waals surface area contributed by atoms with E-state index in [2.05, 4.69) is 6.58 Å². The zero-order valence-corrected chi connectivity index (χ0v) is 18.8. The van der Waals surface area contributed by atoms with E-state index in [1.54, 1.807) is 32.0 Å². The highest BCUT2D eigenvalue weighted by Gasteiger charge is 2.26. The molecule has 8 heteroatoms. The standard InChI is InChI=1S/C26H22N2O6/c1-4-32-24(29)17(3)12-22(26(31)33-5-2)23(20-10-6-8-18(13-20)15-27)34-25(30)21-11-7-9-19(14-21)16-28/h6-11,13-14H,3-5,12H2,1-2H3/b23-22+. The maximum absolute atomic E-state index is 13.0. The highest BCUT2D eigenvalue weighted by Crippen LogP contribution is 2.28. The van der Waals surface area contributed by atoms with Crippen LogP contribution in [0.4, 0.5) is 0 Å². The molecule has 0 radical (unpaired) electrons. The van der Waals surface area contributed by atoms with Crippen LogP contribution in [-0.4, -0.2) is 31.1 Å². The van der Waals surface area contributed by atoms with Crippen molar-refractivity contribution in [3.05, 3.63) is 88.5 Å². The van der Waals surface area contributed by atoms with Crippen molar-refractivity contribution in [3.63, 3.8) is 0 Å². The highest BCUT2D eigenvalue weighted by atomic mass is 16.5. The van der Waals surface area contributed by atoms with Crippen molar-refractivity contribution in [2.75, 3.05) is 13.2 Å². The van der Waals surface area contributed by atoms with Gasteiger partial charge >= 0.3 is 17.9 Å². The van der Waals surface area contributed by atoms with Gasteiger partial charge in [-0.1, -0.05) is 24.8 Å². The maximum atomic E-state index is 13.0. The van der Waals surface area contributed by atoms with E-state index in [1.807, 2.05) is 12.1 Å². The number of rotatable bonds is 9. The molecule has 0 fully saturated rings. The molecule has 172 valence electrons. The van der Waals surface area contributed by atoms with Gasteiger partial charge in [0, 0.05) is 17.6 Å². The molecule has 0 atom stereocenters. The van der Waals surface area contributed by atoms with Crippen LogP contribution in [0.15, 0.2) is 66.3 Å². The van der Waals surface area contributed by atoms with Gasteiger partial charge in [0.2, 0.25) is 0 Å². The van der Waals surface area contributed by atoms with E-state index >= 15 is 0 Å². The number of hydrogen-bond acceptors (Lipinski definition) is 8. The fraction of sp³-hybridized carbons (Fsp3) is 0.192. The number of carbonyl (C=O) groups excluding carboxylic acids is 3. The van der Waals surface area contributed by atoms with Crippen LogP contribution in [-0.2, 0) is 23.8 Å². The van der Waals surface area contributed by atoms with Crippen LogP contribution in [0.2, 0.25) is 0 Å². The summed E-state index contributed by atoms with van der Waals surface area (Å²) in [6.45, 7) is 7.04. The Morgan fingerprint density at radius 1 is 0.853 bits per heavy atom. The van der Waals surface area contributed by atoms with E-state index in [4.69, 9.17) is 19.5 Å². The summed E-state index contributed by atoms with van der Waals surface area (Å²) < 4.78 is 15.7. The van der Waals surface area contributed by atoms with E-state index < -0.39 is 17.9 Å². The molecular formula is C26H22N2O6. The van der Waals surface area contributed by atoms with Crippen LogP contribution in [0.5, 0.6) is 0 Å². The fourth-order valence-corrected chi connectivity index (χ4v) is 2.87. The number of hydrogen-bond donors (Lipinski definition) is 0. The zero-order chi connectivity index (χ0) is 25.1. The number of benzene rings is 2. The second kappa shape index (κ2) is 12.4. The predicted molar refractivity (Wildman–Crippen MR) is 122 cm³/mol. The lowest BCUT2D eigenvalue weighted by atomic mass is 10.00. The normalized spacial score (nSPS) is 10.7. The summed E-state index contributed by atoms with van der Waals surface area (Å²) >= 11 is 0. The molecule has 2 aromatic rings. The molecule has 0 aromatic heterocycles. The third-order valence-electron chi connectivity index (χ3n) is 4.43. The summed E-state index contributed by atoms with van der Waals surface area (Å²) in [5.41, 5.74) is 0.600. The largest absolute Gasteiger partial charge is 0.463 e. The first-order valence-corrected chi connectivity index (χ1v) is 10.3. The van der Waals surface area contributed by atoms with Crippen molar-refractivity contribution in [1.82, 2.24) is 0 Å². The summed E-state index contributed by atoms with van der Waals surface area (Å²) in [6, 6.07) is 15.8. The number of carbonyl (C=O) groups is 3. The van der Waals surface area contributed by atoms with Crippen molar-refractivity contribution in [1.29, 1.82) is 10.5 Å². The first-order valence-electron chi connectivity index (χ1n) is 10.3. The second-order valence-electron chi connectivity index (χ2n) is 6.80. The van der Waals surface area contributed by atoms with Crippen LogP contribution in [0.3, 0.4) is 0 Å². The molecule has 0 spiro atoms. The Bertz CT molecular complexity index is 1230. The zero-order valence-electron chi connectivity index (χ0n) is 18.8. The van der Waals surface area contributed by atoms with Crippen molar-refractivity contribution in [2.45, 2.75) is 20.3 Å². The first kappa shape index (κ1) is 25.6. The first-order chi connectivity index (χ1) is 16.3. The molecule has 0 N–H and O–H groups in total. The summed E-state index contributed by atoms with van der Waals surface area (Å²) in [7, 11) is 0. The Morgan fingerprint density at radius 2 is 1.38 bits per heavy atom. The number of esters is 3. The second-order valence-corrected chi connectivity index (χ2v) is 6.80. The number of nitrogens with zero attached hydrogens (tertiary/aromatic N) is 2. The minimum atomic E-state index is -0.849. The molecule has 2 aromatic carbocycles. The molecule has 0 saturated heterocycles. The van der Waals surface area contributed by atoms with Gasteiger partial charge in [-0.25, -0.2) is 14.4 Å². The molecule has 0 heterocycles. The highest BCUT2D eigenvalue weighted by molar-refractivity contribution is 6.02. The van der Waals surface area contributed by atoms with Crippen LogP contribution in [0.25, 0.3) is 5.76 Å². The quantitative estimate of drug-likeness (QED) is 0.238. The average molecular weight is 458 g/mol. The molecular weight excluding hydrogens is 436 g/mol. The molecule has 0 amide bonds. The van der Waals surface area contributed by atoms with Crippen LogP contribution in [0.1, 0.15) is 47.3 Å². The van der Waals surface area contributed by atoms with E-state index in [0.29, 0.717) is 0 Å². The third-order valence-corrected chi connectivity index (χ3v) is 4.43. The Hall–Kier alpha value is -4.69. The lowest BCUT2D eigenvalue weighted by Gasteiger charge is -2.16. The van der Waals surface area contributed by atoms with Gasteiger partial charge in [-0.2, -0.15) is 10.5 Å². The molecule has 0 bridgehead atoms.